The Morgan fingerprint density at radius 2 is 1.95 bits per heavy atom. The molecule has 1 amide bonds. The molecule has 0 saturated heterocycles. The standard InChI is InChI=1S/C15H16BrNO2/c1-3-11-4-6-12(7-5-11)10(2)17-15(18)13-8-9-14(16)19-13/h4-10H,3H2,1-2H3,(H,17,18). The number of halogens is 1. The number of furan rings is 1. The molecule has 0 aliphatic heterocycles. The first-order valence-electron chi connectivity index (χ1n) is 6.25. The van der Waals surface area contributed by atoms with Crippen molar-refractivity contribution in [3.63, 3.8) is 0 Å². The molecule has 1 unspecified atom stereocenters. The second-order valence-electron chi connectivity index (χ2n) is 4.39. The summed E-state index contributed by atoms with van der Waals surface area (Å²) in [6, 6.07) is 11.6. The highest BCUT2D eigenvalue weighted by molar-refractivity contribution is 9.10. The van der Waals surface area contributed by atoms with Crippen LogP contribution in [0.25, 0.3) is 0 Å². The second-order valence-corrected chi connectivity index (χ2v) is 5.18. The van der Waals surface area contributed by atoms with Crippen molar-refractivity contribution in [2.75, 3.05) is 0 Å². The molecule has 2 aromatic rings. The maximum atomic E-state index is 11.9. The minimum atomic E-state index is -0.210. The van der Waals surface area contributed by atoms with Gasteiger partial charge in [-0.2, -0.15) is 0 Å². The molecule has 19 heavy (non-hydrogen) atoms. The molecule has 0 aliphatic rings. The lowest BCUT2D eigenvalue weighted by atomic mass is 10.0. The van der Waals surface area contributed by atoms with E-state index >= 15 is 0 Å². The highest BCUT2D eigenvalue weighted by Crippen LogP contribution is 2.17. The Balaban J connectivity index is 2.03. The van der Waals surface area contributed by atoms with Crippen molar-refractivity contribution in [1.29, 1.82) is 0 Å². The lowest BCUT2D eigenvalue weighted by molar-refractivity contribution is 0.0910. The first kappa shape index (κ1) is 13.9. The predicted octanol–water partition coefficient (Wildman–Crippen LogP) is 4.10. The third-order valence-electron chi connectivity index (χ3n) is 3.03. The minimum Gasteiger partial charge on any atom is -0.444 e. The van der Waals surface area contributed by atoms with Crippen LogP contribution < -0.4 is 5.32 Å². The van der Waals surface area contributed by atoms with Crippen molar-refractivity contribution in [1.82, 2.24) is 5.32 Å². The largest absolute Gasteiger partial charge is 0.444 e. The van der Waals surface area contributed by atoms with Gasteiger partial charge in [-0.15, -0.1) is 0 Å². The summed E-state index contributed by atoms with van der Waals surface area (Å²) in [6.07, 6.45) is 1.02. The van der Waals surface area contributed by atoms with Gasteiger partial charge in [0, 0.05) is 0 Å². The van der Waals surface area contributed by atoms with Crippen LogP contribution in [0.2, 0.25) is 0 Å². The van der Waals surface area contributed by atoms with Gasteiger partial charge in [-0.1, -0.05) is 31.2 Å². The average Bonchev–Trinajstić information content (AvgIpc) is 2.85. The molecule has 0 bridgehead atoms. The van der Waals surface area contributed by atoms with Gasteiger partial charge >= 0.3 is 0 Å². The lowest BCUT2D eigenvalue weighted by Gasteiger charge is -2.13. The Bertz CT molecular complexity index is 560. The van der Waals surface area contributed by atoms with Gasteiger partial charge < -0.3 is 9.73 Å². The summed E-state index contributed by atoms with van der Waals surface area (Å²) in [5, 5.41) is 2.91. The number of nitrogens with one attached hydrogen (secondary N) is 1. The molecular weight excluding hydrogens is 306 g/mol. The molecular formula is C15H16BrNO2. The summed E-state index contributed by atoms with van der Waals surface area (Å²) in [6.45, 7) is 4.08. The molecule has 0 aliphatic carbocycles. The van der Waals surface area contributed by atoms with Crippen molar-refractivity contribution in [2.45, 2.75) is 26.3 Å². The van der Waals surface area contributed by atoms with Gasteiger partial charge in [-0.25, -0.2) is 0 Å². The first-order valence-corrected chi connectivity index (χ1v) is 7.04. The lowest BCUT2D eigenvalue weighted by Crippen LogP contribution is -2.26. The molecule has 1 aromatic heterocycles. The number of hydrogen-bond acceptors (Lipinski definition) is 2. The van der Waals surface area contributed by atoms with E-state index in [1.54, 1.807) is 12.1 Å². The zero-order valence-corrected chi connectivity index (χ0v) is 12.5. The molecule has 100 valence electrons. The van der Waals surface area contributed by atoms with Gasteiger partial charge in [0.15, 0.2) is 10.4 Å². The number of benzene rings is 1. The molecule has 4 heteroatoms. The van der Waals surface area contributed by atoms with E-state index in [1.807, 2.05) is 19.1 Å². The van der Waals surface area contributed by atoms with Crippen LogP contribution in [0.3, 0.4) is 0 Å². The third-order valence-corrected chi connectivity index (χ3v) is 3.46. The number of aryl methyl sites for hydroxylation is 1. The molecule has 0 fully saturated rings. The van der Waals surface area contributed by atoms with Crippen molar-refractivity contribution in [3.8, 4) is 0 Å². The van der Waals surface area contributed by atoms with Crippen LogP contribution in [0.4, 0.5) is 0 Å². The normalized spacial score (nSPS) is 12.2. The minimum absolute atomic E-state index is 0.0534. The maximum Gasteiger partial charge on any atom is 0.287 e. The van der Waals surface area contributed by atoms with E-state index in [4.69, 9.17) is 4.42 Å². The molecule has 1 atom stereocenters. The quantitative estimate of drug-likeness (QED) is 0.921. The monoisotopic (exact) mass is 321 g/mol. The van der Waals surface area contributed by atoms with Crippen LogP contribution in [0, 0.1) is 0 Å². The fraction of sp³-hybridized carbons (Fsp3) is 0.267. The van der Waals surface area contributed by atoms with E-state index in [1.165, 1.54) is 5.56 Å². The van der Waals surface area contributed by atoms with Crippen LogP contribution in [-0.4, -0.2) is 5.91 Å². The summed E-state index contributed by atoms with van der Waals surface area (Å²) in [7, 11) is 0. The number of hydrogen-bond donors (Lipinski definition) is 1. The molecule has 0 saturated carbocycles. The molecule has 0 radical (unpaired) electrons. The molecule has 3 nitrogen and oxygen atoms in total. The highest BCUT2D eigenvalue weighted by atomic mass is 79.9. The van der Waals surface area contributed by atoms with Crippen LogP contribution in [0.5, 0.6) is 0 Å². The maximum absolute atomic E-state index is 11.9. The number of amides is 1. The zero-order chi connectivity index (χ0) is 13.8. The van der Waals surface area contributed by atoms with Crippen LogP contribution in [0.15, 0.2) is 45.5 Å². The van der Waals surface area contributed by atoms with Crippen LogP contribution >= 0.6 is 15.9 Å². The summed E-state index contributed by atoms with van der Waals surface area (Å²) in [5.74, 6) is 0.0988. The summed E-state index contributed by atoms with van der Waals surface area (Å²) < 4.78 is 5.78. The highest BCUT2D eigenvalue weighted by Gasteiger charge is 2.14. The number of carbonyl (C=O) groups is 1. The number of carbonyl (C=O) groups excluding carboxylic acids is 1. The predicted molar refractivity (Wildman–Crippen MR) is 78.1 cm³/mol. The van der Waals surface area contributed by atoms with Gasteiger partial charge in [-0.3, -0.25) is 4.79 Å². The van der Waals surface area contributed by atoms with Gasteiger partial charge in [0.05, 0.1) is 6.04 Å². The SMILES string of the molecule is CCc1ccc(C(C)NC(=O)c2ccc(Br)o2)cc1. The Morgan fingerprint density at radius 3 is 2.47 bits per heavy atom. The van der Waals surface area contributed by atoms with Crippen molar-refractivity contribution in [3.05, 3.63) is 58.0 Å². The fourth-order valence-electron chi connectivity index (χ4n) is 1.83. The Labute approximate surface area is 121 Å². The van der Waals surface area contributed by atoms with E-state index in [0.29, 0.717) is 10.4 Å². The van der Waals surface area contributed by atoms with Gasteiger partial charge in [0.25, 0.3) is 5.91 Å². The third kappa shape index (κ3) is 3.47. The van der Waals surface area contributed by atoms with Crippen molar-refractivity contribution < 1.29 is 9.21 Å². The summed E-state index contributed by atoms with van der Waals surface area (Å²) in [5.41, 5.74) is 2.37. The second kappa shape index (κ2) is 6.06. The van der Waals surface area contributed by atoms with E-state index < -0.39 is 0 Å². The van der Waals surface area contributed by atoms with E-state index in [2.05, 4.69) is 40.3 Å². The molecule has 1 heterocycles. The Kier molecular flexibility index (Phi) is 4.43. The fourth-order valence-corrected chi connectivity index (χ4v) is 2.14. The van der Waals surface area contributed by atoms with Crippen LogP contribution in [0.1, 0.15) is 41.6 Å². The van der Waals surface area contributed by atoms with Gasteiger partial charge in [0.1, 0.15) is 0 Å². The molecule has 0 spiro atoms. The van der Waals surface area contributed by atoms with Gasteiger partial charge in [0.2, 0.25) is 0 Å². The number of rotatable bonds is 4. The molecule has 1 N–H and O–H groups in total. The zero-order valence-electron chi connectivity index (χ0n) is 10.9. The Hall–Kier alpha value is -1.55. The summed E-state index contributed by atoms with van der Waals surface area (Å²) in [4.78, 5) is 11.9. The van der Waals surface area contributed by atoms with Crippen LogP contribution in [-0.2, 0) is 6.42 Å². The Morgan fingerprint density at radius 1 is 1.26 bits per heavy atom. The average molecular weight is 322 g/mol. The topological polar surface area (TPSA) is 42.2 Å². The van der Waals surface area contributed by atoms with E-state index in [0.717, 1.165) is 12.0 Å². The first-order chi connectivity index (χ1) is 9.10. The molecule has 2 rings (SSSR count). The smallest absolute Gasteiger partial charge is 0.287 e. The van der Waals surface area contributed by atoms with Crippen molar-refractivity contribution in [2.24, 2.45) is 0 Å². The van der Waals surface area contributed by atoms with E-state index in [-0.39, 0.29) is 11.9 Å². The summed E-state index contributed by atoms with van der Waals surface area (Å²) >= 11 is 3.18. The van der Waals surface area contributed by atoms with E-state index in [9.17, 15) is 4.79 Å². The molecule has 1 aromatic carbocycles. The van der Waals surface area contributed by atoms with Crippen molar-refractivity contribution >= 4 is 21.8 Å². The van der Waals surface area contributed by atoms with Gasteiger partial charge in [-0.05, 0) is 52.5 Å².